The second kappa shape index (κ2) is 4.37. The van der Waals surface area contributed by atoms with Gasteiger partial charge >= 0.3 is 5.97 Å². The fraction of sp³-hybridized carbons (Fsp3) is 0.800. The Morgan fingerprint density at radius 3 is 2.11 bits per heavy atom. The molecule has 1 aliphatic rings. The van der Waals surface area contributed by atoms with E-state index >= 15 is 0 Å². The van der Waals surface area contributed by atoms with Gasteiger partial charge in [0.15, 0.2) is 0 Å². The third-order valence-electron chi connectivity index (χ3n) is 5.33. The highest BCUT2D eigenvalue weighted by Crippen LogP contribution is 2.54. The maximum Gasteiger partial charge on any atom is 0.352 e. The fourth-order valence-electron chi connectivity index (χ4n) is 2.45. The lowest BCUT2D eigenvalue weighted by molar-refractivity contribution is -0.266. The van der Waals surface area contributed by atoms with Crippen LogP contribution < -0.4 is 0 Å². The summed E-state index contributed by atoms with van der Waals surface area (Å²) in [5.74, 6) is -0.335. The zero-order valence-corrected chi connectivity index (χ0v) is 12.9. The van der Waals surface area contributed by atoms with E-state index in [2.05, 4.69) is 48.1 Å². The number of hydrogen-bond acceptors (Lipinski definition) is 3. The summed E-state index contributed by atoms with van der Waals surface area (Å²) < 4.78 is 0. The van der Waals surface area contributed by atoms with Crippen molar-refractivity contribution in [1.82, 2.24) is 5.06 Å². The quantitative estimate of drug-likeness (QED) is 0.705. The maximum absolute atomic E-state index is 11.7. The van der Waals surface area contributed by atoms with Crippen molar-refractivity contribution < 1.29 is 9.63 Å². The van der Waals surface area contributed by atoms with Gasteiger partial charge in [0.1, 0.15) is 0 Å². The summed E-state index contributed by atoms with van der Waals surface area (Å²) in [4.78, 5) is 17.2. The smallest absolute Gasteiger partial charge is 0.352 e. The van der Waals surface area contributed by atoms with Crippen LogP contribution in [-0.4, -0.2) is 23.1 Å². The summed E-state index contributed by atoms with van der Waals surface area (Å²) in [6.07, 6.45) is 1.01. The standard InChI is InChI=1S/C15H27NO2/c1-11(2)12(17)18-16-10-9-13(3,4)14(5,6)15(16,7)8/h1,9-10H2,2-8H3. The summed E-state index contributed by atoms with van der Waals surface area (Å²) >= 11 is 0. The van der Waals surface area contributed by atoms with Gasteiger partial charge < -0.3 is 4.84 Å². The molecule has 104 valence electrons. The molecule has 0 atom stereocenters. The minimum absolute atomic E-state index is 0.0353. The van der Waals surface area contributed by atoms with E-state index in [9.17, 15) is 4.79 Å². The van der Waals surface area contributed by atoms with Gasteiger partial charge in [0, 0.05) is 12.1 Å². The molecule has 0 saturated carbocycles. The van der Waals surface area contributed by atoms with E-state index < -0.39 is 0 Å². The summed E-state index contributed by atoms with van der Waals surface area (Å²) in [6.45, 7) is 19.4. The molecule has 3 nitrogen and oxygen atoms in total. The van der Waals surface area contributed by atoms with Gasteiger partial charge in [-0.05, 0) is 38.0 Å². The van der Waals surface area contributed by atoms with E-state index in [0.29, 0.717) is 5.57 Å². The topological polar surface area (TPSA) is 29.5 Å². The lowest BCUT2D eigenvalue weighted by Gasteiger charge is -2.59. The van der Waals surface area contributed by atoms with Crippen LogP contribution in [0.2, 0.25) is 0 Å². The van der Waals surface area contributed by atoms with Gasteiger partial charge in [-0.3, -0.25) is 0 Å². The van der Waals surface area contributed by atoms with Gasteiger partial charge in [-0.25, -0.2) is 4.79 Å². The number of carbonyl (C=O) groups is 1. The molecular formula is C15H27NO2. The Bertz CT molecular complexity index is 367. The SMILES string of the molecule is C=C(C)C(=O)ON1CCC(C)(C)C(C)(C)C1(C)C. The predicted octanol–water partition coefficient (Wildman–Crippen LogP) is 3.56. The summed E-state index contributed by atoms with van der Waals surface area (Å²) in [7, 11) is 0. The van der Waals surface area contributed by atoms with E-state index in [4.69, 9.17) is 4.84 Å². The monoisotopic (exact) mass is 253 g/mol. The maximum atomic E-state index is 11.7. The Kier molecular flexibility index (Phi) is 3.70. The molecule has 3 heteroatoms. The van der Waals surface area contributed by atoms with Crippen LogP contribution in [0.15, 0.2) is 12.2 Å². The lowest BCUT2D eigenvalue weighted by Crippen LogP contribution is -2.64. The van der Waals surface area contributed by atoms with E-state index in [1.54, 1.807) is 6.92 Å². The summed E-state index contributed by atoms with van der Waals surface area (Å²) in [5, 5.41) is 1.83. The molecule has 0 unspecified atom stereocenters. The zero-order chi connectivity index (χ0) is 14.4. The number of carbonyl (C=O) groups excluding carboxylic acids is 1. The van der Waals surface area contributed by atoms with E-state index in [-0.39, 0.29) is 22.3 Å². The van der Waals surface area contributed by atoms with Crippen LogP contribution in [0.1, 0.15) is 54.9 Å². The Morgan fingerprint density at radius 1 is 1.17 bits per heavy atom. The molecule has 1 fully saturated rings. The molecule has 1 heterocycles. The van der Waals surface area contributed by atoms with Gasteiger partial charge in [-0.15, -0.1) is 5.06 Å². The molecular weight excluding hydrogens is 226 g/mol. The number of hydrogen-bond donors (Lipinski definition) is 0. The van der Waals surface area contributed by atoms with Gasteiger partial charge in [0.2, 0.25) is 0 Å². The molecule has 0 aromatic rings. The van der Waals surface area contributed by atoms with Gasteiger partial charge in [0.25, 0.3) is 0 Å². The van der Waals surface area contributed by atoms with Crippen molar-refractivity contribution in [2.24, 2.45) is 10.8 Å². The van der Waals surface area contributed by atoms with Crippen molar-refractivity contribution in [1.29, 1.82) is 0 Å². The Hall–Kier alpha value is -0.830. The molecule has 0 aromatic carbocycles. The van der Waals surface area contributed by atoms with Crippen molar-refractivity contribution in [2.75, 3.05) is 6.54 Å². The second-order valence-electron chi connectivity index (χ2n) is 7.08. The first-order valence-corrected chi connectivity index (χ1v) is 6.59. The average molecular weight is 253 g/mol. The first-order chi connectivity index (χ1) is 7.93. The van der Waals surface area contributed by atoms with Crippen molar-refractivity contribution in [3.8, 4) is 0 Å². The first-order valence-electron chi connectivity index (χ1n) is 6.59. The van der Waals surface area contributed by atoms with Crippen molar-refractivity contribution in [3.63, 3.8) is 0 Å². The number of piperidine rings is 1. The Balaban J connectivity index is 2.99. The predicted molar refractivity (Wildman–Crippen MR) is 73.9 cm³/mol. The van der Waals surface area contributed by atoms with Crippen molar-refractivity contribution in [2.45, 2.75) is 60.4 Å². The van der Waals surface area contributed by atoms with Crippen LogP contribution in [0.4, 0.5) is 0 Å². The molecule has 1 rings (SSSR count). The average Bonchev–Trinajstić information content (AvgIpc) is 2.20. The van der Waals surface area contributed by atoms with Crippen LogP contribution in [0.5, 0.6) is 0 Å². The largest absolute Gasteiger partial charge is 0.364 e. The first kappa shape index (κ1) is 15.2. The van der Waals surface area contributed by atoms with Crippen LogP contribution in [-0.2, 0) is 9.63 Å². The minimum Gasteiger partial charge on any atom is -0.364 e. The minimum atomic E-state index is -0.335. The lowest BCUT2D eigenvalue weighted by atomic mass is 9.55. The molecule has 0 amide bonds. The highest BCUT2D eigenvalue weighted by molar-refractivity contribution is 5.86. The zero-order valence-electron chi connectivity index (χ0n) is 12.9. The van der Waals surface area contributed by atoms with Gasteiger partial charge in [0.05, 0.1) is 5.54 Å². The van der Waals surface area contributed by atoms with E-state index in [0.717, 1.165) is 13.0 Å². The van der Waals surface area contributed by atoms with Crippen molar-refractivity contribution >= 4 is 5.97 Å². The third kappa shape index (κ3) is 2.20. The molecule has 0 spiro atoms. The van der Waals surface area contributed by atoms with Crippen LogP contribution in [0, 0.1) is 10.8 Å². The molecule has 0 aromatic heterocycles. The summed E-state index contributed by atoms with van der Waals surface area (Å²) in [6, 6.07) is 0. The Morgan fingerprint density at radius 2 is 1.67 bits per heavy atom. The van der Waals surface area contributed by atoms with Crippen molar-refractivity contribution in [3.05, 3.63) is 12.2 Å². The number of nitrogens with zero attached hydrogens (tertiary/aromatic N) is 1. The van der Waals surface area contributed by atoms with Crippen LogP contribution in [0.25, 0.3) is 0 Å². The van der Waals surface area contributed by atoms with E-state index in [1.165, 1.54) is 0 Å². The van der Waals surface area contributed by atoms with Gasteiger partial charge in [-0.1, -0.05) is 34.3 Å². The van der Waals surface area contributed by atoms with Crippen LogP contribution >= 0.6 is 0 Å². The highest BCUT2D eigenvalue weighted by Gasteiger charge is 2.55. The Labute approximate surface area is 111 Å². The third-order valence-corrected chi connectivity index (χ3v) is 5.33. The molecule has 0 radical (unpaired) electrons. The van der Waals surface area contributed by atoms with E-state index in [1.807, 2.05) is 5.06 Å². The molecule has 18 heavy (non-hydrogen) atoms. The molecule has 0 aliphatic carbocycles. The molecule has 0 bridgehead atoms. The molecule has 0 N–H and O–H groups in total. The molecule has 1 aliphatic heterocycles. The highest BCUT2D eigenvalue weighted by atomic mass is 16.7. The second-order valence-corrected chi connectivity index (χ2v) is 7.08. The van der Waals surface area contributed by atoms with Crippen LogP contribution in [0.3, 0.4) is 0 Å². The normalized spacial score (nSPS) is 25.5. The number of rotatable bonds is 2. The van der Waals surface area contributed by atoms with Gasteiger partial charge in [-0.2, -0.15) is 0 Å². The number of hydroxylamine groups is 2. The summed E-state index contributed by atoms with van der Waals surface area (Å²) in [5.41, 5.74) is 0.476. The fourth-order valence-corrected chi connectivity index (χ4v) is 2.45. The molecule has 1 saturated heterocycles.